The van der Waals surface area contributed by atoms with Crippen LogP contribution >= 0.6 is 22.9 Å². The lowest BCUT2D eigenvalue weighted by molar-refractivity contribution is 0.172. The van der Waals surface area contributed by atoms with E-state index in [2.05, 4.69) is 55.7 Å². The molecule has 0 saturated carbocycles. The monoisotopic (exact) mass is 469 g/mol. The van der Waals surface area contributed by atoms with Crippen molar-refractivity contribution in [1.82, 2.24) is 30.1 Å². The van der Waals surface area contributed by atoms with Gasteiger partial charge in [0.2, 0.25) is 0 Å². The molecule has 1 aliphatic heterocycles. The molecule has 2 aromatic heterocycles. The molecular weight excluding hydrogens is 446 g/mol. The van der Waals surface area contributed by atoms with Crippen LogP contribution in [0.3, 0.4) is 0 Å². The Hall–Kier alpha value is -2.59. The molecular formula is C22H24ClN7OS. The van der Waals surface area contributed by atoms with Gasteiger partial charge in [-0.1, -0.05) is 47.2 Å². The minimum absolute atomic E-state index is 0.0587. The number of para-hydroxylation sites is 1. The normalized spacial score (nSPS) is 16.0. The Balaban J connectivity index is 1.39. The van der Waals surface area contributed by atoms with Crippen LogP contribution in [0.1, 0.15) is 17.4 Å². The van der Waals surface area contributed by atoms with Crippen molar-refractivity contribution >= 4 is 38.3 Å². The number of hydrogen-bond donors (Lipinski definition) is 0. The summed E-state index contributed by atoms with van der Waals surface area (Å²) in [5, 5.41) is 14.4. The molecule has 0 amide bonds. The molecule has 1 fully saturated rings. The molecule has 0 spiro atoms. The SMILES string of the molecule is COCCn1nnnc1[C@@H](c1ccc(Cl)cc1)N1CCN(c2nc3ccccc3s2)CC1. The summed E-state index contributed by atoms with van der Waals surface area (Å²) in [6.07, 6.45) is 0. The molecule has 4 aromatic rings. The summed E-state index contributed by atoms with van der Waals surface area (Å²) in [6.45, 7) is 4.69. The maximum atomic E-state index is 6.16. The third kappa shape index (κ3) is 4.33. The lowest BCUT2D eigenvalue weighted by Gasteiger charge is -2.38. The summed E-state index contributed by atoms with van der Waals surface area (Å²) in [5.41, 5.74) is 2.18. The molecule has 0 N–H and O–H groups in total. The van der Waals surface area contributed by atoms with Crippen LogP contribution in [0.15, 0.2) is 48.5 Å². The van der Waals surface area contributed by atoms with E-state index in [4.69, 9.17) is 21.3 Å². The average molecular weight is 470 g/mol. The molecule has 32 heavy (non-hydrogen) atoms. The number of piperazine rings is 1. The van der Waals surface area contributed by atoms with E-state index in [1.54, 1.807) is 18.4 Å². The number of aromatic nitrogens is 5. The van der Waals surface area contributed by atoms with Crippen molar-refractivity contribution in [3.05, 3.63) is 64.9 Å². The Kier molecular flexibility index (Phi) is 6.31. The van der Waals surface area contributed by atoms with Crippen LogP contribution in [0.5, 0.6) is 0 Å². The lowest BCUT2D eigenvalue weighted by atomic mass is 10.0. The molecule has 1 saturated heterocycles. The molecule has 3 heterocycles. The van der Waals surface area contributed by atoms with Gasteiger partial charge in [0.1, 0.15) is 0 Å². The van der Waals surface area contributed by atoms with Gasteiger partial charge >= 0.3 is 0 Å². The number of anilines is 1. The number of methoxy groups -OCH3 is 1. The summed E-state index contributed by atoms with van der Waals surface area (Å²) in [6, 6.07) is 16.2. The summed E-state index contributed by atoms with van der Waals surface area (Å²) >= 11 is 7.91. The van der Waals surface area contributed by atoms with Gasteiger partial charge in [-0.2, -0.15) is 0 Å². The minimum atomic E-state index is -0.0587. The maximum Gasteiger partial charge on any atom is 0.186 e. The Morgan fingerprint density at radius 1 is 1.06 bits per heavy atom. The van der Waals surface area contributed by atoms with Gasteiger partial charge in [-0.05, 0) is 40.3 Å². The van der Waals surface area contributed by atoms with E-state index in [1.807, 2.05) is 22.9 Å². The fraction of sp³-hybridized carbons (Fsp3) is 0.364. The standard InChI is InChI=1S/C22H24ClN7OS/c1-31-15-14-30-21(25-26-27-30)20(16-6-8-17(23)9-7-16)28-10-12-29(13-11-28)22-24-18-4-2-3-5-19(18)32-22/h2-9,20H,10-15H2,1H3/t20-/m1/s1. The van der Waals surface area contributed by atoms with E-state index in [0.29, 0.717) is 18.2 Å². The quantitative estimate of drug-likeness (QED) is 0.410. The molecule has 0 bridgehead atoms. The van der Waals surface area contributed by atoms with Gasteiger partial charge in [-0.3, -0.25) is 4.90 Å². The Bertz CT molecular complexity index is 1140. The highest BCUT2D eigenvalue weighted by atomic mass is 35.5. The van der Waals surface area contributed by atoms with E-state index < -0.39 is 0 Å². The van der Waals surface area contributed by atoms with Gasteiger partial charge < -0.3 is 9.64 Å². The zero-order valence-corrected chi connectivity index (χ0v) is 19.3. The number of fused-ring (bicyclic) bond motifs is 1. The van der Waals surface area contributed by atoms with Gasteiger partial charge in [-0.15, -0.1) is 5.10 Å². The summed E-state index contributed by atoms with van der Waals surface area (Å²) < 4.78 is 8.30. The third-order valence-electron chi connectivity index (χ3n) is 5.73. The number of rotatable bonds is 7. The maximum absolute atomic E-state index is 6.16. The third-order valence-corrected chi connectivity index (χ3v) is 7.08. The highest BCUT2D eigenvalue weighted by Crippen LogP contribution is 2.32. The first-order valence-corrected chi connectivity index (χ1v) is 11.8. The van der Waals surface area contributed by atoms with Crippen molar-refractivity contribution in [3.8, 4) is 0 Å². The van der Waals surface area contributed by atoms with E-state index in [9.17, 15) is 0 Å². The van der Waals surface area contributed by atoms with Gasteiger partial charge in [0.25, 0.3) is 0 Å². The van der Waals surface area contributed by atoms with E-state index in [0.717, 1.165) is 48.2 Å². The van der Waals surface area contributed by atoms with Crippen molar-refractivity contribution < 1.29 is 4.74 Å². The van der Waals surface area contributed by atoms with E-state index >= 15 is 0 Å². The van der Waals surface area contributed by atoms with Crippen molar-refractivity contribution in [1.29, 1.82) is 0 Å². The Morgan fingerprint density at radius 2 is 1.84 bits per heavy atom. The number of halogens is 1. The molecule has 166 valence electrons. The molecule has 0 aliphatic carbocycles. The largest absolute Gasteiger partial charge is 0.383 e. The minimum Gasteiger partial charge on any atom is -0.383 e. The van der Waals surface area contributed by atoms with Crippen molar-refractivity contribution in [3.63, 3.8) is 0 Å². The Labute approximate surface area is 195 Å². The van der Waals surface area contributed by atoms with Crippen LogP contribution in [0.4, 0.5) is 5.13 Å². The fourth-order valence-electron chi connectivity index (χ4n) is 4.08. The van der Waals surface area contributed by atoms with Crippen LogP contribution in [-0.4, -0.2) is 70.0 Å². The first-order chi connectivity index (χ1) is 15.7. The second kappa shape index (κ2) is 9.50. The predicted octanol–water partition coefficient (Wildman–Crippen LogP) is 3.49. The van der Waals surface area contributed by atoms with Crippen molar-refractivity contribution in [2.75, 3.05) is 44.8 Å². The highest BCUT2D eigenvalue weighted by Gasteiger charge is 2.31. The smallest absolute Gasteiger partial charge is 0.186 e. The highest BCUT2D eigenvalue weighted by molar-refractivity contribution is 7.22. The number of tetrazole rings is 1. The molecule has 8 nitrogen and oxygen atoms in total. The zero-order chi connectivity index (χ0) is 21.9. The number of benzene rings is 2. The van der Waals surface area contributed by atoms with E-state index in [-0.39, 0.29) is 6.04 Å². The first kappa shape index (κ1) is 21.3. The second-order valence-corrected chi connectivity index (χ2v) is 9.14. The van der Waals surface area contributed by atoms with Crippen LogP contribution in [0.25, 0.3) is 10.2 Å². The number of nitrogens with zero attached hydrogens (tertiary/aromatic N) is 7. The van der Waals surface area contributed by atoms with Gasteiger partial charge in [0.15, 0.2) is 11.0 Å². The van der Waals surface area contributed by atoms with Crippen LogP contribution in [-0.2, 0) is 11.3 Å². The molecule has 0 unspecified atom stereocenters. The number of hydrogen-bond acceptors (Lipinski definition) is 8. The summed E-state index contributed by atoms with van der Waals surface area (Å²) in [5.74, 6) is 0.817. The average Bonchev–Trinajstić information content (AvgIpc) is 3.47. The van der Waals surface area contributed by atoms with Crippen LogP contribution < -0.4 is 4.90 Å². The first-order valence-electron chi connectivity index (χ1n) is 10.6. The number of thiazole rings is 1. The van der Waals surface area contributed by atoms with Crippen molar-refractivity contribution in [2.24, 2.45) is 0 Å². The molecule has 0 radical (unpaired) electrons. The topological polar surface area (TPSA) is 72.2 Å². The molecule has 1 aliphatic rings. The van der Waals surface area contributed by atoms with Crippen LogP contribution in [0.2, 0.25) is 5.02 Å². The Morgan fingerprint density at radius 3 is 2.59 bits per heavy atom. The van der Waals surface area contributed by atoms with Gasteiger partial charge in [0, 0.05) is 38.3 Å². The van der Waals surface area contributed by atoms with E-state index in [1.165, 1.54) is 4.70 Å². The fourth-order valence-corrected chi connectivity index (χ4v) is 5.22. The summed E-state index contributed by atoms with van der Waals surface area (Å²) in [4.78, 5) is 9.63. The van der Waals surface area contributed by atoms with Crippen LogP contribution in [0, 0.1) is 0 Å². The second-order valence-electron chi connectivity index (χ2n) is 7.69. The molecule has 10 heteroatoms. The summed E-state index contributed by atoms with van der Waals surface area (Å²) in [7, 11) is 1.68. The molecule has 5 rings (SSSR count). The predicted molar refractivity (Wildman–Crippen MR) is 126 cm³/mol. The number of ether oxygens (including phenoxy) is 1. The van der Waals surface area contributed by atoms with Crippen molar-refractivity contribution in [2.45, 2.75) is 12.6 Å². The van der Waals surface area contributed by atoms with Gasteiger partial charge in [0.05, 0.1) is 29.4 Å². The van der Waals surface area contributed by atoms with Gasteiger partial charge in [-0.25, -0.2) is 9.67 Å². The molecule has 1 atom stereocenters. The lowest BCUT2D eigenvalue weighted by Crippen LogP contribution is -2.48. The zero-order valence-electron chi connectivity index (χ0n) is 17.8. The molecule has 2 aromatic carbocycles.